The van der Waals surface area contributed by atoms with Crippen molar-refractivity contribution in [1.82, 2.24) is 14.8 Å². The van der Waals surface area contributed by atoms with Crippen molar-refractivity contribution in [3.05, 3.63) is 5.82 Å². The Morgan fingerprint density at radius 3 is 3.07 bits per heavy atom. The number of hydrogen-bond donors (Lipinski definition) is 2. The molecule has 1 aromatic heterocycles. The molecule has 1 aliphatic rings. The standard InChI is InChI=1S/C7H11F2N5/c8-5(9)6-12-7-11-2-1-4(3-10)14(7)13-6/h4-5H,1-3,10H2,(H,11,12,13). The number of alkyl halides is 2. The second-order valence-corrected chi connectivity index (χ2v) is 3.14. The minimum absolute atomic E-state index is 0.0220. The van der Waals surface area contributed by atoms with Crippen LogP contribution in [0.4, 0.5) is 14.7 Å². The number of aromatic nitrogens is 3. The lowest BCUT2D eigenvalue weighted by atomic mass is 10.2. The largest absolute Gasteiger partial charge is 0.354 e. The van der Waals surface area contributed by atoms with E-state index in [1.54, 1.807) is 0 Å². The summed E-state index contributed by atoms with van der Waals surface area (Å²) in [6.07, 6.45) is -1.84. The van der Waals surface area contributed by atoms with Crippen LogP contribution in [0.25, 0.3) is 0 Å². The van der Waals surface area contributed by atoms with Crippen molar-refractivity contribution in [2.75, 3.05) is 18.4 Å². The number of nitrogens with one attached hydrogen (secondary N) is 1. The van der Waals surface area contributed by atoms with E-state index in [4.69, 9.17) is 5.73 Å². The summed E-state index contributed by atoms with van der Waals surface area (Å²) in [5.41, 5.74) is 5.50. The monoisotopic (exact) mass is 203 g/mol. The predicted molar refractivity (Wildman–Crippen MR) is 46.2 cm³/mol. The molecule has 0 amide bonds. The molecule has 0 bridgehead atoms. The normalized spacial score (nSPS) is 20.7. The Kier molecular flexibility index (Phi) is 2.32. The summed E-state index contributed by atoms with van der Waals surface area (Å²) in [6, 6.07) is -0.0220. The Morgan fingerprint density at radius 1 is 1.64 bits per heavy atom. The number of anilines is 1. The summed E-state index contributed by atoms with van der Waals surface area (Å²) < 4.78 is 26.0. The zero-order valence-corrected chi connectivity index (χ0v) is 7.45. The van der Waals surface area contributed by atoms with Gasteiger partial charge < -0.3 is 11.1 Å². The van der Waals surface area contributed by atoms with Crippen molar-refractivity contribution in [2.24, 2.45) is 5.73 Å². The SMILES string of the molecule is NCC1CCNc2nc(C(F)F)nn21. The van der Waals surface area contributed by atoms with E-state index in [1.165, 1.54) is 4.68 Å². The van der Waals surface area contributed by atoms with E-state index in [-0.39, 0.29) is 6.04 Å². The Labute approximate surface area is 79.3 Å². The molecule has 5 nitrogen and oxygen atoms in total. The third-order valence-corrected chi connectivity index (χ3v) is 2.22. The third kappa shape index (κ3) is 1.43. The molecule has 0 saturated carbocycles. The second kappa shape index (κ2) is 3.49. The molecular formula is C7H11F2N5. The van der Waals surface area contributed by atoms with Crippen molar-refractivity contribution in [1.29, 1.82) is 0 Å². The number of halogens is 2. The fourth-order valence-corrected chi connectivity index (χ4v) is 1.50. The Balaban J connectivity index is 2.33. The first-order valence-corrected chi connectivity index (χ1v) is 4.41. The van der Waals surface area contributed by atoms with Crippen LogP contribution in [0.3, 0.4) is 0 Å². The summed E-state index contributed by atoms with van der Waals surface area (Å²) in [5, 5.41) is 6.62. The highest BCUT2D eigenvalue weighted by Gasteiger charge is 2.24. The van der Waals surface area contributed by atoms with E-state index in [0.717, 1.165) is 6.42 Å². The van der Waals surface area contributed by atoms with Crippen molar-refractivity contribution in [2.45, 2.75) is 18.9 Å². The van der Waals surface area contributed by atoms with Crippen LogP contribution in [0.15, 0.2) is 0 Å². The van der Waals surface area contributed by atoms with Crippen molar-refractivity contribution >= 4 is 5.95 Å². The molecule has 1 unspecified atom stereocenters. The van der Waals surface area contributed by atoms with E-state index in [0.29, 0.717) is 19.0 Å². The molecule has 1 aromatic rings. The van der Waals surface area contributed by atoms with Gasteiger partial charge >= 0.3 is 0 Å². The smallest absolute Gasteiger partial charge is 0.299 e. The van der Waals surface area contributed by atoms with E-state index in [2.05, 4.69) is 15.4 Å². The van der Waals surface area contributed by atoms with Crippen LogP contribution in [-0.4, -0.2) is 27.9 Å². The Hall–Kier alpha value is -1.24. The minimum Gasteiger partial charge on any atom is -0.354 e. The average Bonchev–Trinajstić information content (AvgIpc) is 2.60. The van der Waals surface area contributed by atoms with Gasteiger partial charge in [0.15, 0.2) is 0 Å². The molecule has 1 aliphatic heterocycles. The Bertz CT molecular complexity index is 324. The van der Waals surface area contributed by atoms with Crippen LogP contribution in [0.5, 0.6) is 0 Å². The highest BCUT2D eigenvalue weighted by atomic mass is 19.3. The number of hydrogen-bond acceptors (Lipinski definition) is 4. The lowest BCUT2D eigenvalue weighted by molar-refractivity contribution is 0.139. The van der Waals surface area contributed by atoms with Crippen LogP contribution in [0, 0.1) is 0 Å². The summed E-state index contributed by atoms with van der Waals surface area (Å²) in [5.74, 6) is -0.0464. The molecule has 1 atom stereocenters. The average molecular weight is 203 g/mol. The molecule has 0 aliphatic carbocycles. The van der Waals surface area contributed by atoms with Gasteiger partial charge in [-0.15, -0.1) is 5.10 Å². The molecule has 14 heavy (non-hydrogen) atoms. The third-order valence-electron chi connectivity index (χ3n) is 2.22. The first kappa shape index (κ1) is 9.32. The van der Waals surface area contributed by atoms with Gasteiger partial charge in [0.1, 0.15) is 0 Å². The molecule has 2 heterocycles. The second-order valence-electron chi connectivity index (χ2n) is 3.14. The van der Waals surface area contributed by atoms with Crippen LogP contribution in [0.2, 0.25) is 0 Å². The zero-order valence-electron chi connectivity index (χ0n) is 7.45. The molecule has 0 spiro atoms. The molecule has 78 valence electrons. The van der Waals surface area contributed by atoms with Gasteiger partial charge in [0.05, 0.1) is 6.04 Å². The summed E-state index contributed by atoms with van der Waals surface area (Å²) >= 11 is 0. The predicted octanol–water partition coefficient (Wildman–Crippen LogP) is 0.531. The van der Waals surface area contributed by atoms with Crippen LogP contribution < -0.4 is 11.1 Å². The summed E-state index contributed by atoms with van der Waals surface area (Å²) in [7, 11) is 0. The fraction of sp³-hybridized carbons (Fsp3) is 0.714. The van der Waals surface area contributed by atoms with Crippen LogP contribution in [-0.2, 0) is 0 Å². The van der Waals surface area contributed by atoms with Crippen molar-refractivity contribution in [3.63, 3.8) is 0 Å². The molecular weight excluding hydrogens is 192 g/mol. The first-order valence-electron chi connectivity index (χ1n) is 4.41. The molecule has 0 radical (unpaired) electrons. The number of nitrogens with zero attached hydrogens (tertiary/aromatic N) is 3. The summed E-state index contributed by atoms with van der Waals surface area (Å²) in [4.78, 5) is 3.68. The minimum atomic E-state index is -2.63. The highest BCUT2D eigenvalue weighted by molar-refractivity contribution is 5.28. The maximum absolute atomic E-state index is 12.3. The van der Waals surface area contributed by atoms with Gasteiger partial charge in [-0.2, -0.15) is 4.98 Å². The van der Waals surface area contributed by atoms with Gasteiger partial charge in [-0.05, 0) is 6.42 Å². The van der Waals surface area contributed by atoms with Crippen molar-refractivity contribution < 1.29 is 8.78 Å². The molecule has 0 fully saturated rings. The van der Waals surface area contributed by atoms with Gasteiger partial charge in [0.25, 0.3) is 6.43 Å². The molecule has 2 rings (SSSR count). The van der Waals surface area contributed by atoms with Crippen LogP contribution >= 0.6 is 0 Å². The fourth-order valence-electron chi connectivity index (χ4n) is 1.50. The number of rotatable bonds is 2. The van der Waals surface area contributed by atoms with Gasteiger partial charge in [0.2, 0.25) is 11.8 Å². The van der Waals surface area contributed by atoms with E-state index >= 15 is 0 Å². The molecule has 0 aromatic carbocycles. The highest BCUT2D eigenvalue weighted by Crippen LogP contribution is 2.24. The van der Waals surface area contributed by atoms with Crippen LogP contribution in [0.1, 0.15) is 24.7 Å². The van der Waals surface area contributed by atoms with E-state index in [1.807, 2.05) is 0 Å². The molecule has 0 saturated heterocycles. The quantitative estimate of drug-likeness (QED) is 0.735. The topological polar surface area (TPSA) is 68.8 Å². The first-order chi connectivity index (χ1) is 6.72. The molecule has 3 N–H and O–H groups in total. The van der Waals surface area contributed by atoms with Gasteiger partial charge in [-0.25, -0.2) is 13.5 Å². The lowest BCUT2D eigenvalue weighted by Gasteiger charge is -2.22. The maximum Gasteiger partial charge on any atom is 0.299 e. The van der Waals surface area contributed by atoms with Gasteiger partial charge in [0, 0.05) is 13.1 Å². The number of fused-ring (bicyclic) bond motifs is 1. The van der Waals surface area contributed by atoms with E-state index in [9.17, 15) is 8.78 Å². The maximum atomic E-state index is 12.3. The van der Waals surface area contributed by atoms with Crippen molar-refractivity contribution in [3.8, 4) is 0 Å². The lowest BCUT2D eigenvalue weighted by Crippen LogP contribution is -2.29. The number of nitrogens with two attached hydrogens (primary N) is 1. The molecule has 7 heteroatoms. The van der Waals surface area contributed by atoms with Gasteiger partial charge in [-0.1, -0.05) is 0 Å². The summed E-state index contributed by atoms with van der Waals surface area (Å²) in [6.45, 7) is 1.09. The Morgan fingerprint density at radius 2 is 2.43 bits per heavy atom. The van der Waals surface area contributed by atoms with Gasteiger partial charge in [-0.3, -0.25) is 0 Å². The van der Waals surface area contributed by atoms with E-state index < -0.39 is 12.2 Å². The zero-order chi connectivity index (χ0) is 10.1.